The van der Waals surface area contributed by atoms with Crippen LogP contribution >= 0.6 is 0 Å². The summed E-state index contributed by atoms with van der Waals surface area (Å²) in [5, 5.41) is 0. The van der Waals surface area contributed by atoms with Gasteiger partial charge in [0.25, 0.3) is 0 Å². The summed E-state index contributed by atoms with van der Waals surface area (Å²) in [7, 11) is 0. The van der Waals surface area contributed by atoms with E-state index in [9.17, 15) is 0 Å². The van der Waals surface area contributed by atoms with Gasteiger partial charge in [0.05, 0.1) is 0 Å². The van der Waals surface area contributed by atoms with E-state index in [4.69, 9.17) is 5.73 Å². The zero-order valence-electron chi connectivity index (χ0n) is 8.71. The summed E-state index contributed by atoms with van der Waals surface area (Å²) in [6.07, 6.45) is 6.89. The van der Waals surface area contributed by atoms with Gasteiger partial charge >= 0.3 is 0 Å². The minimum atomic E-state index is 0.459. The summed E-state index contributed by atoms with van der Waals surface area (Å²) in [6, 6.07) is 1.33. The highest BCUT2D eigenvalue weighted by Crippen LogP contribution is 2.32. The third kappa shape index (κ3) is 2.05. The first-order valence-corrected chi connectivity index (χ1v) is 5.79. The van der Waals surface area contributed by atoms with Crippen LogP contribution in [0.2, 0.25) is 0 Å². The van der Waals surface area contributed by atoms with Crippen molar-refractivity contribution in [3.05, 3.63) is 0 Å². The Labute approximate surface area is 81.5 Å². The molecule has 1 saturated carbocycles. The quantitative estimate of drug-likeness (QED) is 0.703. The molecule has 1 aliphatic carbocycles. The van der Waals surface area contributed by atoms with Crippen molar-refractivity contribution in [2.45, 2.75) is 51.1 Å². The van der Waals surface area contributed by atoms with Crippen LogP contribution in [0.25, 0.3) is 0 Å². The maximum absolute atomic E-state index is 5.92. The summed E-state index contributed by atoms with van der Waals surface area (Å²) >= 11 is 0. The average Bonchev–Trinajstić information content (AvgIpc) is 2.71. The molecule has 0 aromatic rings. The van der Waals surface area contributed by atoms with Crippen LogP contribution in [0.4, 0.5) is 0 Å². The second-order valence-electron chi connectivity index (χ2n) is 4.78. The van der Waals surface area contributed by atoms with Crippen LogP contribution in [-0.4, -0.2) is 30.1 Å². The Morgan fingerprint density at radius 2 is 2.15 bits per heavy atom. The summed E-state index contributed by atoms with van der Waals surface area (Å²) in [5.41, 5.74) is 5.92. The molecule has 0 bridgehead atoms. The van der Waals surface area contributed by atoms with Gasteiger partial charge in [0, 0.05) is 25.2 Å². The minimum Gasteiger partial charge on any atom is -0.326 e. The van der Waals surface area contributed by atoms with Crippen molar-refractivity contribution < 1.29 is 0 Å². The van der Waals surface area contributed by atoms with Crippen LogP contribution in [0.1, 0.15) is 39.0 Å². The van der Waals surface area contributed by atoms with Gasteiger partial charge in [-0.1, -0.05) is 13.3 Å². The molecule has 1 aliphatic heterocycles. The lowest BCUT2D eigenvalue weighted by molar-refractivity contribution is 0.237. The predicted molar refractivity (Wildman–Crippen MR) is 55.6 cm³/mol. The first kappa shape index (κ1) is 9.47. The SMILES string of the molecule is CCC1CCC(N2CC[C@@H](N)C2)C1. The van der Waals surface area contributed by atoms with E-state index in [2.05, 4.69) is 11.8 Å². The minimum absolute atomic E-state index is 0.459. The van der Waals surface area contributed by atoms with Crippen molar-refractivity contribution >= 4 is 0 Å². The molecular weight excluding hydrogens is 160 g/mol. The Morgan fingerprint density at radius 3 is 2.69 bits per heavy atom. The van der Waals surface area contributed by atoms with Crippen molar-refractivity contribution in [3.8, 4) is 0 Å². The highest BCUT2D eigenvalue weighted by atomic mass is 15.2. The third-order valence-electron chi connectivity index (χ3n) is 3.86. The van der Waals surface area contributed by atoms with E-state index >= 15 is 0 Å². The average molecular weight is 182 g/mol. The number of nitrogens with zero attached hydrogens (tertiary/aromatic N) is 1. The first-order chi connectivity index (χ1) is 6.29. The van der Waals surface area contributed by atoms with Crippen LogP contribution < -0.4 is 5.73 Å². The van der Waals surface area contributed by atoms with Crippen molar-refractivity contribution in [1.29, 1.82) is 0 Å². The molecule has 2 nitrogen and oxygen atoms in total. The number of nitrogens with two attached hydrogens (primary N) is 1. The third-order valence-corrected chi connectivity index (χ3v) is 3.86. The standard InChI is InChI=1S/C11H22N2/c1-2-9-3-4-11(7-9)13-6-5-10(12)8-13/h9-11H,2-8,12H2,1H3/t9?,10-,11?/m1/s1. The molecule has 76 valence electrons. The smallest absolute Gasteiger partial charge is 0.0180 e. The molecule has 0 aromatic heterocycles. The lowest BCUT2D eigenvalue weighted by atomic mass is 10.1. The topological polar surface area (TPSA) is 29.3 Å². The highest BCUT2D eigenvalue weighted by Gasteiger charge is 2.31. The number of likely N-dealkylation sites (tertiary alicyclic amines) is 1. The second-order valence-corrected chi connectivity index (χ2v) is 4.78. The van der Waals surface area contributed by atoms with Crippen LogP contribution in [-0.2, 0) is 0 Å². The fourth-order valence-electron chi connectivity index (χ4n) is 2.90. The summed E-state index contributed by atoms with van der Waals surface area (Å²) in [4.78, 5) is 2.63. The monoisotopic (exact) mass is 182 g/mol. The van der Waals surface area contributed by atoms with Gasteiger partial charge in [0.15, 0.2) is 0 Å². The van der Waals surface area contributed by atoms with Crippen molar-refractivity contribution in [1.82, 2.24) is 4.90 Å². The number of hydrogen-bond donors (Lipinski definition) is 1. The van der Waals surface area contributed by atoms with Crippen molar-refractivity contribution in [3.63, 3.8) is 0 Å². The molecule has 0 aromatic carbocycles. The molecular formula is C11H22N2. The molecule has 1 heterocycles. The Kier molecular flexibility index (Phi) is 2.89. The Hall–Kier alpha value is -0.0800. The molecule has 0 spiro atoms. The summed E-state index contributed by atoms with van der Waals surface area (Å²) in [6.45, 7) is 4.73. The van der Waals surface area contributed by atoms with E-state index in [0.29, 0.717) is 6.04 Å². The predicted octanol–water partition coefficient (Wildman–Crippen LogP) is 1.60. The summed E-state index contributed by atoms with van der Waals surface area (Å²) in [5.74, 6) is 1.00. The Balaban J connectivity index is 1.82. The van der Waals surface area contributed by atoms with Gasteiger partial charge in [0.1, 0.15) is 0 Å². The van der Waals surface area contributed by atoms with E-state index in [1.165, 1.54) is 38.6 Å². The van der Waals surface area contributed by atoms with Crippen LogP contribution in [0, 0.1) is 5.92 Å². The van der Waals surface area contributed by atoms with Crippen LogP contribution in [0.3, 0.4) is 0 Å². The molecule has 0 amide bonds. The second kappa shape index (κ2) is 3.97. The molecule has 0 radical (unpaired) electrons. The van der Waals surface area contributed by atoms with E-state index in [1.807, 2.05) is 0 Å². The normalized spacial score (nSPS) is 41.5. The Morgan fingerprint density at radius 1 is 1.31 bits per heavy atom. The largest absolute Gasteiger partial charge is 0.326 e. The van der Waals surface area contributed by atoms with Gasteiger partial charge in [-0.2, -0.15) is 0 Å². The maximum Gasteiger partial charge on any atom is 0.0180 e. The fraction of sp³-hybridized carbons (Fsp3) is 1.00. The molecule has 2 unspecified atom stereocenters. The van der Waals surface area contributed by atoms with Crippen molar-refractivity contribution in [2.24, 2.45) is 11.7 Å². The molecule has 2 N–H and O–H groups in total. The zero-order chi connectivity index (χ0) is 9.26. The lowest BCUT2D eigenvalue weighted by Gasteiger charge is -2.23. The Bertz CT molecular complexity index is 169. The van der Waals surface area contributed by atoms with Gasteiger partial charge in [-0.25, -0.2) is 0 Å². The fourth-order valence-corrected chi connectivity index (χ4v) is 2.90. The van der Waals surface area contributed by atoms with Gasteiger partial charge in [-0.3, -0.25) is 4.90 Å². The van der Waals surface area contributed by atoms with Crippen LogP contribution in [0.15, 0.2) is 0 Å². The van der Waals surface area contributed by atoms with Crippen LogP contribution in [0.5, 0.6) is 0 Å². The van der Waals surface area contributed by atoms with Gasteiger partial charge < -0.3 is 5.73 Å². The number of rotatable bonds is 2. The van der Waals surface area contributed by atoms with Gasteiger partial charge in [0.2, 0.25) is 0 Å². The van der Waals surface area contributed by atoms with E-state index in [1.54, 1.807) is 0 Å². The number of hydrogen-bond acceptors (Lipinski definition) is 2. The molecule has 2 heteroatoms. The summed E-state index contributed by atoms with van der Waals surface area (Å²) < 4.78 is 0. The van der Waals surface area contributed by atoms with E-state index in [0.717, 1.165) is 18.5 Å². The molecule has 2 rings (SSSR count). The van der Waals surface area contributed by atoms with Gasteiger partial charge in [-0.15, -0.1) is 0 Å². The molecule has 2 fully saturated rings. The van der Waals surface area contributed by atoms with Crippen molar-refractivity contribution in [2.75, 3.05) is 13.1 Å². The highest BCUT2D eigenvalue weighted by molar-refractivity contribution is 4.88. The molecule has 1 saturated heterocycles. The van der Waals surface area contributed by atoms with Gasteiger partial charge in [-0.05, 0) is 31.6 Å². The zero-order valence-corrected chi connectivity index (χ0v) is 8.71. The lowest BCUT2D eigenvalue weighted by Crippen LogP contribution is -2.33. The molecule has 2 aliphatic rings. The molecule has 13 heavy (non-hydrogen) atoms. The first-order valence-electron chi connectivity index (χ1n) is 5.79. The van der Waals surface area contributed by atoms with E-state index < -0.39 is 0 Å². The van der Waals surface area contributed by atoms with E-state index in [-0.39, 0.29) is 0 Å². The maximum atomic E-state index is 5.92. The molecule has 3 atom stereocenters.